The van der Waals surface area contributed by atoms with Crippen molar-refractivity contribution >= 4 is 10.8 Å². The van der Waals surface area contributed by atoms with E-state index in [1.54, 1.807) is 0 Å². The van der Waals surface area contributed by atoms with E-state index in [2.05, 4.69) is 66.9 Å². The summed E-state index contributed by atoms with van der Waals surface area (Å²) < 4.78 is 0. The van der Waals surface area contributed by atoms with Gasteiger partial charge in [-0.1, -0.05) is 56.3 Å². The van der Waals surface area contributed by atoms with Gasteiger partial charge in [-0.15, -0.1) is 0 Å². The molecule has 2 N–H and O–H groups in total. The molecule has 0 aliphatic carbocycles. The number of hydrogen-bond donors (Lipinski definition) is 2. The molecule has 0 aliphatic rings. The van der Waals surface area contributed by atoms with Crippen molar-refractivity contribution in [3.63, 3.8) is 0 Å². The van der Waals surface area contributed by atoms with E-state index >= 15 is 0 Å². The van der Waals surface area contributed by atoms with Gasteiger partial charge in [-0.3, -0.25) is 0 Å². The number of nitrogens with one attached hydrogen (secondary N) is 2. The minimum absolute atomic E-state index is 0.140. The van der Waals surface area contributed by atoms with Crippen LogP contribution in [0.15, 0.2) is 42.5 Å². The van der Waals surface area contributed by atoms with Crippen LogP contribution in [0.1, 0.15) is 19.4 Å². The summed E-state index contributed by atoms with van der Waals surface area (Å²) in [5, 5.41) is 9.14. The van der Waals surface area contributed by atoms with Crippen LogP contribution in [0.3, 0.4) is 0 Å². The van der Waals surface area contributed by atoms with Crippen molar-refractivity contribution < 1.29 is 0 Å². The summed E-state index contributed by atoms with van der Waals surface area (Å²) in [6.07, 6.45) is 0. The van der Waals surface area contributed by atoms with Gasteiger partial charge in [-0.25, -0.2) is 0 Å². The van der Waals surface area contributed by atoms with Crippen molar-refractivity contribution in [3.05, 3.63) is 48.0 Å². The van der Waals surface area contributed by atoms with Crippen molar-refractivity contribution in [2.75, 3.05) is 20.3 Å². The maximum absolute atomic E-state index is 3.41. The van der Waals surface area contributed by atoms with Gasteiger partial charge in [-0.2, -0.15) is 0 Å². The van der Waals surface area contributed by atoms with Crippen molar-refractivity contribution in [2.45, 2.75) is 19.3 Å². The first kappa shape index (κ1) is 13.1. The predicted molar refractivity (Wildman–Crippen MR) is 78.9 cm³/mol. The van der Waals surface area contributed by atoms with Gasteiger partial charge < -0.3 is 10.6 Å². The molecule has 2 nitrogen and oxygen atoms in total. The Morgan fingerprint density at radius 3 is 2.44 bits per heavy atom. The minimum Gasteiger partial charge on any atom is -0.308 e. The fourth-order valence-corrected chi connectivity index (χ4v) is 2.21. The molecule has 18 heavy (non-hydrogen) atoms. The highest BCUT2D eigenvalue weighted by Gasteiger charge is 2.19. The molecular formula is C16H22N2. The van der Waals surface area contributed by atoms with Crippen LogP contribution in [-0.4, -0.2) is 20.3 Å². The first-order valence-electron chi connectivity index (χ1n) is 6.48. The molecule has 96 valence electrons. The van der Waals surface area contributed by atoms with Gasteiger partial charge in [0.15, 0.2) is 0 Å². The van der Waals surface area contributed by atoms with Crippen LogP contribution < -0.4 is 10.6 Å². The van der Waals surface area contributed by atoms with Crippen LogP contribution in [0.25, 0.3) is 10.8 Å². The molecule has 0 radical (unpaired) electrons. The molecule has 0 bridgehead atoms. The predicted octanol–water partition coefficient (Wildman–Crippen LogP) is 2.88. The highest BCUT2D eigenvalue weighted by atomic mass is 15.0. The van der Waals surface area contributed by atoms with Crippen LogP contribution >= 0.6 is 0 Å². The summed E-state index contributed by atoms with van der Waals surface area (Å²) >= 11 is 0. The molecule has 0 amide bonds. The molecular weight excluding hydrogens is 220 g/mol. The summed E-state index contributed by atoms with van der Waals surface area (Å²) in [6.45, 7) is 6.36. The van der Waals surface area contributed by atoms with Crippen LogP contribution in [0, 0.1) is 0 Å². The van der Waals surface area contributed by atoms with Crippen LogP contribution in [0.2, 0.25) is 0 Å². The molecule has 0 aliphatic heterocycles. The van der Waals surface area contributed by atoms with Crippen LogP contribution in [0.5, 0.6) is 0 Å². The minimum atomic E-state index is 0.140. The quantitative estimate of drug-likeness (QED) is 0.622. The van der Waals surface area contributed by atoms with Gasteiger partial charge in [0, 0.05) is 18.6 Å². The largest absolute Gasteiger partial charge is 0.308 e. The van der Waals surface area contributed by atoms with E-state index in [0.717, 1.165) is 13.2 Å². The van der Waals surface area contributed by atoms with Gasteiger partial charge in [0.05, 0.1) is 0 Å². The van der Waals surface area contributed by atoms with Crippen molar-refractivity contribution in [2.24, 2.45) is 0 Å². The van der Waals surface area contributed by atoms with E-state index < -0.39 is 0 Å². The Kier molecular flexibility index (Phi) is 4.00. The van der Waals surface area contributed by atoms with Crippen LogP contribution in [-0.2, 0) is 5.41 Å². The van der Waals surface area contributed by atoms with Gasteiger partial charge in [0.1, 0.15) is 0 Å². The molecule has 0 saturated heterocycles. The molecule has 2 aromatic rings. The summed E-state index contributed by atoms with van der Waals surface area (Å²) in [5.74, 6) is 0. The Hall–Kier alpha value is -1.38. The van der Waals surface area contributed by atoms with E-state index in [4.69, 9.17) is 0 Å². The van der Waals surface area contributed by atoms with Gasteiger partial charge in [0.25, 0.3) is 0 Å². The Morgan fingerprint density at radius 2 is 1.72 bits per heavy atom. The highest BCUT2D eigenvalue weighted by Crippen LogP contribution is 2.26. The van der Waals surface area contributed by atoms with E-state index in [-0.39, 0.29) is 5.41 Å². The van der Waals surface area contributed by atoms with Crippen molar-refractivity contribution in [1.82, 2.24) is 10.6 Å². The lowest BCUT2D eigenvalue weighted by Gasteiger charge is -2.26. The van der Waals surface area contributed by atoms with E-state index in [1.165, 1.54) is 16.3 Å². The lowest BCUT2D eigenvalue weighted by atomic mass is 9.83. The molecule has 0 fully saturated rings. The average molecular weight is 242 g/mol. The molecule has 0 aromatic heterocycles. The number of fused-ring (bicyclic) bond motifs is 1. The summed E-state index contributed by atoms with van der Waals surface area (Å²) in [4.78, 5) is 0. The topological polar surface area (TPSA) is 24.1 Å². The number of rotatable bonds is 5. The molecule has 2 heteroatoms. The van der Waals surface area contributed by atoms with Crippen molar-refractivity contribution in [3.8, 4) is 0 Å². The zero-order valence-electron chi connectivity index (χ0n) is 11.5. The molecule has 0 unspecified atom stereocenters. The molecule has 0 heterocycles. The SMILES string of the molecule is CNCNCC(C)(C)c1ccc2ccccc2c1. The zero-order valence-corrected chi connectivity index (χ0v) is 11.5. The average Bonchev–Trinajstić information content (AvgIpc) is 2.38. The van der Waals surface area contributed by atoms with Crippen LogP contribution in [0.4, 0.5) is 0 Å². The third kappa shape index (κ3) is 2.89. The lowest BCUT2D eigenvalue weighted by Crippen LogP contribution is -2.37. The Morgan fingerprint density at radius 1 is 1.00 bits per heavy atom. The second-order valence-corrected chi connectivity index (χ2v) is 5.40. The summed E-state index contributed by atoms with van der Waals surface area (Å²) in [7, 11) is 1.95. The summed E-state index contributed by atoms with van der Waals surface area (Å²) in [5.41, 5.74) is 1.52. The standard InChI is InChI=1S/C16H22N2/c1-16(2,11-18-12-17-3)15-9-8-13-6-4-5-7-14(13)10-15/h4-10,17-18H,11-12H2,1-3H3. The second kappa shape index (κ2) is 5.51. The van der Waals surface area contributed by atoms with Gasteiger partial charge in [-0.05, 0) is 23.4 Å². The smallest absolute Gasteiger partial charge is 0.0452 e. The van der Waals surface area contributed by atoms with Gasteiger partial charge >= 0.3 is 0 Å². The highest BCUT2D eigenvalue weighted by molar-refractivity contribution is 5.83. The monoisotopic (exact) mass is 242 g/mol. The molecule has 0 atom stereocenters. The first-order valence-corrected chi connectivity index (χ1v) is 6.48. The van der Waals surface area contributed by atoms with E-state index in [0.29, 0.717) is 0 Å². The maximum atomic E-state index is 3.41. The molecule has 0 spiro atoms. The lowest BCUT2D eigenvalue weighted by molar-refractivity contribution is 0.461. The fraction of sp³-hybridized carbons (Fsp3) is 0.375. The third-order valence-corrected chi connectivity index (χ3v) is 3.40. The first-order chi connectivity index (χ1) is 8.63. The molecule has 2 rings (SSSR count). The fourth-order valence-electron chi connectivity index (χ4n) is 2.21. The molecule has 0 saturated carbocycles. The van der Waals surface area contributed by atoms with E-state index in [9.17, 15) is 0 Å². The number of hydrogen-bond acceptors (Lipinski definition) is 2. The maximum Gasteiger partial charge on any atom is 0.0452 e. The third-order valence-electron chi connectivity index (χ3n) is 3.40. The Bertz CT molecular complexity index is 517. The Labute approximate surface area is 109 Å². The Balaban J connectivity index is 2.23. The molecule has 2 aromatic carbocycles. The summed E-state index contributed by atoms with van der Waals surface area (Å²) in [6, 6.07) is 15.3. The second-order valence-electron chi connectivity index (χ2n) is 5.40. The van der Waals surface area contributed by atoms with E-state index in [1.807, 2.05) is 7.05 Å². The number of benzene rings is 2. The van der Waals surface area contributed by atoms with Crippen molar-refractivity contribution in [1.29, 1.82) is 0 Å². The zero-order chi connectivity index (χ0) is 13.0. The normalized spacial score (nSPS) is 11.9. The van der Waals surface area contributed by atoms with Gasteiger partial charge in [0.2, 0.25) is 0 Å².